The van der Waals surface area contributed by atoms with E-state index in [0.717, 1.165) is 17.1 Å². The van der Waals surface area contributed by atoms with Gasteiger partial charge in [0.1, 0.15) is 11.9 Å². The van der Waals surface area contributed by atoms with Crippen molar-refractivity contribution < 1.29 is 4.39 Å². The Morgan fingerprint density at radius 3 is 2.31 bits per heavy atom. The summed E-state index contributed by atoms with van der Waals surface area (Å²) in [7, 11) is 0. The predicted octanol–water partition coefficient (Wildman–Crippen LogP) is 3.10. The molecule has 2 nitrogen and oxygen atoms in total. The van der Waals surface area contributed by atoms with Gasteiger partial charge < -0.3 is 4.57 Å². The number of hydrogen-bond donors (Lipinski definition) is 0. The molecule has 0 aliphatic heterocycles. The summed E-state index contributed by atoms with van der Waals surface area (Å²) in [6.45, 7) is 3.95. The number of halogens is 1. The Kier molecular flexibility index (Phi) is 2.49. The summed E-state index contributed by atoms with van der Waals surface area (Å²) in [5.41, 5.74) is 3.02. The largest absolute Gasteiger partial charge is 0.318 e. The molecular formula is C13H11FN2. The minimum atomic E-state index is -0.478. The normalized spacial score (nSPS) is 10.1. The van der Waals surface area contributed by atoms with E-state index in [1.807, 2.05) is 36.6 Å². The van der Waals surface area contributed by atoms with Gasteiger partial charge in [-0.15, -0.1) is 0 Å². The third-order valence-electron chi connectivity index (χ3n) is 2.60. The molecule has 0 radical (unpaired) electrons. The maximum absolute atomic E-state index is 13.2. The zero-order valence-electron chi connectivity index (χ0n) is 9.16. The molecule has 3 heteroatoms. The van der Waals surface area contributed by atoms with E-state index in [4.69, 9.17) is 5.26 Å². The van der Waals surface area contributed by atoms with Crippen LogP contribution in [0, 0.1) is 31.0 Å². The molecule has 0 spiro atoms. The van der Waals surface area contributed by atoms with Crippen molar-refractivity contribution in [3.8, 4) is 11.8 Å². The Balaban J connectivity index is 2.62. The first kappa shape index (κ1) is 10.4. The molecule has 0 N–H and O–H groups in total. The van der Waals surface area contributed by atoms with Gasteiger partial charge in [-0.05, 0) is 44.2 Å². The molecule has 1 aromatic heterocycles. The highest BCUT2D eigenvalue weighted by Gasteiger charge is 2.07. The molecule has 0 saturated heterocycles. The van der Waals surface area contributed by atoms with Crippen LogP contribution in [0.1, 0.15) is 17.0 Å². The maximum Gasteiger partial charge on any atom is 0.141 e. The van der Waals surface area contributed by atoms with Crippen LogP contribution in [0.5, 0.6) is 0 Å². The quantitative estimate of drug-likeness (QED) is 0.717. The average molecular weight is 214 g/mol. The SMILES string of the molecule is Cc1ccc(C)n1-c1ccc(F)c(C#N)c1. The summed E-state index contributed by atoms with van der Waals surface area (Å²) in [4.78, 5) is 0. The van der Waals surface area contributed by atoms with E-state index in [9.17, 15) is 4.39 Å². The van der Waals surface area contributed by atoms with Gasteiger partial charge in [0, 0.05) is 17.1 Å². The smallest absolute Gasteiger partial charge is 0.141 e. The molecule has 0 saturated carbocycles. The number of benzene rings is 1. The van der Waals surface area contributed by atoms with Gasteiger partial charge in [0.15, 0.2) is 0 Å². The van der Waals surface area contributed by atoms with Crippen LogP contribution in [0.3, 0.4) is 0 Å². The fraction of sp³-hybridized carbons (Fsp3) is 0.154. The highest BCUT2D eigenvalue weighted by molar-refractivity contribution is 5.44. The van der Waals surface area contributed by atoms with Crippen molar-refractivity contribution in [2.45, 2.75) is 13.8 Å². The number of nitriles is 1. The molecule has 0 fully saturated rings. The predicted molar refractivity (Wildman–Crippen MR) is 59.9 cm³/mol. The summed E-state index contributed by atoms with van der Waals surface area (Å²) in [5.74, 6) is -0.478. The number of aromatic nitrogens is 1. The first-order chi connectivity index (χ1) is 7.63. The molecule has 0 amide bonds. The minimum absolute atomic E-state index is 0.0741. The number of nitrogens with zero attached hydrogens (tertiary/aromatic N) is 2. The van der Waals surface area contributed by atoms with E-state index in [0.29, 0.717) is 0 Å². The second-order valence-electron chi connectivity index (χ2n) is 3.73. The molecule has 0 bridgehead atoms. The van der Waals surface area contributed by atoms with E-state index < -0.39 is 5.82 Å². The van der Waals surface area contributed by atoms with Crippen molar-refractivity contribution in [2.75, 3.05) is 0 Å². The van der Waals surface area contributed by atoms with Crippen LogP contribution < -0.4 is 0 Å². The average Bonchev–Trinajstić information content (AvgIpc) is 2.60. The van der Waals surface area contributed by atoms with E-state index >= 15 is 0 Å². The Morgan fingerprint density at radius 2 is 1.75 bits per heavy atom. The van der Waals surface area contributed by atoms with Crippen LogP contribution in [0.2, 0.25) is 0 Å². The van der Waals surface area contributed by atoms with Gasteiger partial charge in [-0.2, -0.15) is 5.26 Å². The Morgan fingerprint density at radius 1 is 1.12 bits per heavy atom. The highest BCUT2D eigenvalue weighted by atomic mass is 19.1. The molecule has 0 aliphatic rings. The molecular weight excluding hydrogens is 203 g/mol. The lowest BCUT2D eigenvalue weighted by Crippen LogP contribution is -1.99. The molecule has 2 rings (SSSR count). The molecule has 0 atom stereocenters. The van der Waals surface area contributed by atoms with E-state index in [1.165, 1.54) is 6.07 Å². The van der Waals surface area contributed by atoms with Crippen LogP contribution in [0.25, 0.3) is 5.69 Å². The van der Waals surface area contributed by atoms with Gasteiger partial charge >= 0.3 is 0 Å². The lowest BCUT2D eigenvalue weighted by Gasteiger charge is -2.09. The van der Waals surface area contributed by atoms with Gasteiger partial charge in [-0.3, -0.25) is 0 Å². The lowest BCUT2D eigenvalue weighted by atomic mass is 10.2. The first-order valence-electron chi connectivity index (χ1n) is 4.98. The van der Waals surface area contributed by atoms with Crippen molar-refractivity contribution in [3.63, 3.8) is 0 Å². The molecule has 1 heterocycles. The fourth-order valence-corrected chi connectivity index (χ4v) is 1.81. The van der Waals surface area contributed by atoms with Crippen LogP contribution in [0.15, 0.2) is 30.3 Å². The zero-order valence-corrected chi connectivity index (χ0v) is 9.16. The number of aryl methyl sites for hydroxylation is 2. The molecule has 0 unspecified atom stereocenters. The summed E-state index contributed by atoms with van der Waals surface area (Å²) in [6, 6.07) is 10.4. The summed E-state index contributed by atoms with van der Waals surface area (Å²) in [5, 5.41) is 8.78. The standard InChI is InChI=1S/C13H11FN2/c1-9-3-4-10(2)16(9)12-5-6-13(14)11(7-12)8-15/h3-7H,1-2H3. The van der Waals surface area contributed by atoms with Gasteiger partial charge in [0.2, 0.25) is 0 Å². The van der Waals surface area contributed by atoms with Crippen LogP contribution >= 0.6 is 0 Å². The summed E-state index contributed by atoms with van der Waals surface area (Å²) in [6.07, 6.45) is 0. The molecule has 1 aromatic carbocycles. The van der Waals surface area contributed by atoms with Crippen molar-refractivity contribution in [1.29, 1.82) is 5.26 Å². The molecule has 80 valence electrons. The van der Waals surface area contributed by atoms with Crippen molar-refractivity contribution in [1.82, 2.24) is 4.57 Å². The monoisotopic (exact) mass is 214 g/mol. The molecule has 16 heavy (non-hydrogen) atoms. The zero-order chi connectivity index (χ0) is 11.7. The second kappa shape index (κ2) is 3.82. The summed E-state index contributed by atoms with van der Waals surface area (Å²) >= 11 is 0. The Hall–Kier alpha value is -2.08. The van der Waals surface area contributed by atoms with Crippen molar-refractivity contribution in [2.24, 2.45) is 0 Å². The van der Waals surface area contributed by atoms with Crippen molar-refractivity contribution in [3.05, 3.63) is 53.1 Å². The number of rotatable bonds is 1. The van der Waals surface area contributed by atoms with Crippen molar-refractivity contribution >= 4 is 0 Å². The van der Waals surface area contributed by atoms with Gasteiger partial charge in [-0.25, -0.2) is 4.39 Å². The first-order valence-corrected chi connectivity index (χ1v) is 4.98. The second-order valence-corrected chi connectivity index (χ2v) is 3.73. The maximum atomic E-state index is 13.2. The minimum Gasteiger partial charge on any atom is -0.318 e. The molecule has 0 aliphatic carbocycles. The van der Waals surface area contributed by atoms with Gasteiger partial charge in [-0.1, -0.05) is 0 Å². The highest BCUT2D eigenvalue weighted by Crippen LogP contribution is 2.18. The molecule has 2 aromatic rings. The van der Waals surface area contributed by atoms with E-state index in [2.05, 4.69) is 0 Å². The van der Waals surface area contributed by atoms with Crippen LogP contribution in [-0.2, 0) is 0 Å². The van der Waals surface area contributed by atoms with Gasteiger partial charge in [0.05, 0.1) is 5.56 Å². The van der Waals surface area contributed by atoms with E-state index in [-0.39, 0.29) is 5.56 Å². The third-order valence-corrected chi connectivity index (χ3v) is 2.60. The van der Waals surface area contributed by atoms with Crippen LogP contribution in [-0.4, -0.2) is 4.57 Å². The third kappa shape index (κ3) is 1.59. The lowest BCUT2D eigenvalue weighted by molar-refractivity contribution is 0.623. The fourth-order valence-electron chi connectivity index (χ4n) is 1.81. The van der Waals surface area contributed by atoms with Crippen LogP contribution in [0.4, 0.5) is 4.39 Å². The number of hydrogen-bond acceptors (Lipinski definition) is 1. The topological polar surface area (TPSA) is 28.7 Å². The summed E-state index contributed by atoms with van der Waals surface area (Å²) < 4.78 is 15.2. The van der Waals surface area contributed by atoms with Gasteiger partial charge in [0.25, 0.3) is 0 Å². The Bertz CT molecular complexity index is 557. The Labute approximate surface area is 93.6 Å². The van der Waals surface area contributed by atoms with E-state index in [1.54, 1.807) is 12.1 Å².